The van der Waals surface area contributed by atoms with Crippen molar-refractivity contribution in [3.63, 3.8) is 0 Å². The second-order valence-corrected chi connectivity index (χ2v) is 5.31. The summed E-state index contributed by atoms with van der Waals surface area (Å²) < 4.78 is 5.21. The maximum Gasteiger partial charge on any atom is 0.307 e. The van der Waals surface area contributed by atoms with E-state index in [1.807, 2.05) is 13.8 Å². The summed E-state index contributed by atoms with van der Waals surface area (Å²) in [4.78, 5) is 19.4. The van der Waals surface area contributed by atoms with Gasteiger partial charge in [0, 0.05) is 18.0 Å². The van der Waals surface area contributed by atoms with Crippen LogP contribution in [0.1, 0.15) is 25.7 Å². The van der Waals surface area contributed by atoms with Gasteiger partial charge in [-0.2, -0.15) is 4.98 Å². The fraction of sp³-hybridized carbons (Fsp3) is 0.385. The van der Waals surface area contributed by atoms with Crippen LogP contribution in [-0.2, 0) is 4.79 Å². The Morgan fingerprint density at radius 2 is 2.05 bits per heavy atom. The second kappa shape index (κ2) is 3.88. The lowest BCUT2D eigenvalue weighted by Gasteiger charge is -1.96. The predicted octanol–water partition coefficient (Wildman–Crippen LogP) is 1.96. The summed E-state index contributed by atoms with van der Waals surface area (Å²) in [6.45, 7) is 3.79. The first-order valence-electron chi connectivity index (χ1n) is 5.98. The number of carboxylic acids is 1. The molecule has 1 aliphatic carbocycles. The molecule has 1 N–H and O–H groups in total. The topological polar surface area (TPSA) is 89.1 Å². The van der Waals surface area contributed by atoms with Crippen molar-refractivity contribution >= 4 is 5.97 Å². The number of rotatable bonds is 3. The lowest BCUT2D eigenvalue weighted by molar-refractivity contribution is -0.139. The third kappa shape index (κ3) is 1.80. The van der Waals surface area contributed by atoms with E-state index in [1.54, 1.807) is 24.5 Å². The van der Waals surface area contributed by atoms with Crippen LogP contribution in [0.25, 0.3) is 11.4 Å². The molecule has 2 heterocycles. The monoisotopic (exact) mass is 259 g/mol. The standard InChI is InChI=1S/C13H13N3O3/c1-13(2)8(9(13)12(17)18)11-15-10(16-19-11)7-3-5-14-6-4-7/h3-6,8-9H,1-2H3,(H,17,18)/t8-,9+/m0/s1. The van der Waals surface area contributed by atoms with Crippen LogP contribution < -0.4 is 0 Å². The zero-order chi connectivity index (χ0) is 13.6. The molecule has 0 unspecified atom stereocenters. The van der Waals surface area contributed by atoms with Crippen molar-refractivity contribution in [1.29, 1.82) is 0 Å². The van der Waals surface area contributed by atoms with Gasteiger partial charge in [0.25, 0.3) is 0 Å². The first kappa shape index (κ1) is 11.8. The molecule has 0 saturated heterocycles. The molecule has 0 aliphatic heterocycles. The van der Waals surface area contributed by atoms with Crippen molar-refractivity contribution in [2.75, 3.05) is 0 Å². The summed E-state index contributed by atoms with van der Waals surface area (Å²) in [5, 5.41) is 13.0. The van der Waals surface area contributed by atoms with Crippen molar-refractivity contribution in [2.24, 2.45) is 11.3 Å². The van der Waals surface area contributed by atoms with Crippen molar-refractivity contribution in [3.8, 4) is 11.4 Å². The number of aliphatic carboxylic acids is 1. The lowest BCUT2D eigenvalue weighted by atomic mass is 10.1. The average Bonchev–Trinajstić information content (AvgIpc) is 2.76. The van der Waals surface area contributed by atoms with E-state index in [0.717, 1.165) is 5.56 Å². The number of pyridine rings is 1. The summed E-state index contributed by atoms with van der Waals surface area (Å²) in [5.74, 6) is -0.640. The summed E-state index contributed by atoms with van der Waals surface area (Å²) in [5.41, 5.74) is 0.462. The molecular weight excluding hydrogens is 246 g/mol. The van der Waals surface area contributed by atoms with Gasteiger partial charge >= 0.3 is 5.97 Å². The minimum absolute atomic E-state index is 0.215. The van der Waals surface area contributed by atoms with Crippen LogP contribution in [0.2, 0.25) is 0 Å². The molecule has 1 aliphatic rings. The maximum absolute atomic E-state index is 11.1. The van der Waals surface area contributed by atoms with Gasteiger partial charge < -0.3 is 9.63 Å². The molecule has 2 aromatic heterocycles. The van der Waals surface area contributed by atoms with E-state index in [0.29, 0.717) is 11.7 Å². The number of hydrogen-bond donors (Lipinski definition) is 1. The molecule has 6 heteroatoms. The van der Waals surface area contributed by atoms with Gasteiger partial charge in [0.1, 0.15) is 0 Å². The number of aromatic nitrogens is 3. The van der Waals surface area contributed by atoms with Gasteiger partial charge in [-0.15, -0.1) is 0 Å². The summed E-state index contributed by atoms with van der Waals surface area (Å²) in [6.07, 6.45) is 3.29. The number of nitrogens with zero attached hydrogens (tertiary/aromatic N) is 3. The van der Waals surface area contributed by atoms with Crippen LogP contribution in [0, 0.1) is 11.3 Å². The third-order valence-corrected chi connectivity index (χ3v) is 3.74. The fourth-order valence-electron chi connectivity index (χ4n) is 2.54. The van der Waals surface area contributed by atoms with Crippen molar-refractivity contribution in [1.82, 2.24) is 15.1 Å². The molecule has 1 saturated carbocycles. The Labute approximate surface area is 109 Å². The summed E-state index contributed by atoms with van der Waals surface area (Å²) >= 11 is 0. The highest BCUT2D eigenvalue weighted by atomic mass is 16.5. The normalized spacial score (nSPS) is 24.1. The fourth-order valence-corrected chi connectivity index (χ4v) is 2.54. The van der Waals surface area contributed by atoms with Crippen LogP contribution in [-0.4, -0.2) is 26.2 Å². The van der Waals surface area contributed by atoms with Gasteiger partial charge in [-0.3, -0.25) is 9.78 Å². The first-order valence-corrected chi connectivity index (χ1v) is 5.98. The molecule has 3 rings (SSSR count). The summed E-state index contributed by atoms with van der Waals surface area (Å²) in [6, 6.07) is 3.56. The Morgan fingerprint density at radius 3 is 2.63 bits per heavy atom. The molecular formula is C13H13N3O3. The predicted molar refractivity (Wildman–Crippen MR) is 65.2 cm³/mol. The van der Waals surface area contributed by atoms with E-state index < -0.39 is 11.9 Å². The highest BCUT2D eigenvalue weighted by molar-refractivity contribution is 5.77. The maximum atomic E-state index is 11.1. The molecule has 1 fully saturated rings. The van der Waals surface area contributed by atoms with Gasteiger partial charge in [0.15, 0.2) is 0 Å². The van der Waals surface area contributed by atoms with Gasteiger partial charge in [0.05, 0.1) is 11.8 Å². The van der Waals surface area contributed by atoms with Gasteiger partial charge in [-0.25, -0.2) is 0 Å². The molecule has 0 spiro atoms. The van der Waals surface area contributed by atoms with E-state index in [1.165, 1.54) is 0 Å². The van der Waals surface area contributed by atoms with Crippen LogP contribution in [0.4, 0.5) is 0 Å². The Bertz CT molecular complexity index is 621. The molecule has 6 nitrogen and oxygen atoms in total. The first-order chi connectivity index (χ1) is 9.01. The van der Waals surface area contributed by atoms with Crippen LogP contribution in [0.15, 0.2) is 29.0 Å². The largest absolute Gasteiger partial charge is 0.481 e. The lowest BCUT2D eigenvalue weighted by Crippen LogP contribution is -2.03. The van der Waals surface area contributed by atoms with Crippen molar-refractivity contribution in [2.45, 2.75) is 19.8 Å². The summed E-state index contributed by atoms with van der Waals surface area (Å²) in [7, 11) is 0. The quantitative estimate of drug-likeness (QED) is 0.906. The van der Waals surface area contributed by atoms with Crippen molar-refractivity contribution in [3.05, 3.63) is 30.4 Å². The minimum atomic E-state index is -0.821. The molecule has 0 bridgehead atoms. The Kier molecular flexibility index (Phi) is 2.41. The Morgan fingerprint density at radius 1 is 1.37 bits per heavy atom. The number of carboxylic acid groups (broad SMARTS) is 1. The molecule has 0 amide bonds. The van der Waals surface area contributed by atoms with Crippen LogP contribution in [0.5, 0.6) is 0 Å². The SMILES string of the molecule is CC1(C)[C@H](c2nc(-c3ccncc3)no2)[C@@H]1C(=O)O. The highest BCUT2D eigenvalue weighted by Gasteiger charge is 2.65. The van der Waals surface area contributed by atoms with E-state index in [2.05, 4.69) is 15.1 Å². The molecule has 2 atom stereocenters. The molecule has 0 aromatic carbocycles. The Hall–Kier alpha value is -2.24. The van der Waals surface area contributed by atoms with E-state index in [-0.39, 0.29) is 11.3 Å². The minimum Gasteiger partial charge on any atom is -0.481 e. The highest BCUT2D eigenvalue weighted by Crippen LogP contribution is 2.64. The molecule has 98 valence electrons. The third-order valence-electron chi connectivity index (χ3n) is 3.74. The molecule has 19 heavy (non-hydrogen) atoms. The Balaban J connectivity index is 1.90. The molecule has 2 aromatic rings. The zero-order valence-corrected chi connectivity index (χ0v) is 10.6. The number of carbonyl (C=O) groups is 1. The molecule has 0 radical (unpaired) electrons. The van der Waals surface area contributed by atoms with Gasteiger partial charge in [-0.05, 0) is 17.5 Å². The smallest absolute Gasteiger partial charge is 0.307 e. The second-order valence-electron chi connectivity index (χ2n) is 5.31. The zero-order valence-electron chi connectivity index (χ0n) is 10.6. The van der Waals surface area contributed by atoms with E-state index in [9.17, 15) is 4.79 Å². The number of hydrogen-bond acceptors (Lipinski definition) is 5. The van der Waals surface area contributed by atoms with Crippen molar-refractivity contribution < 1.29 is 14.4 Å². The average molecular weight is 259 g/mol. The van der Waals surface area contributed by atoms with Crippen LogP contribution >= 0.6 is 0 Å². The van der Waals surface area contributed by atoms with Crippen LogP contribution in [0.3, 0.4) is 0 Å². The van der Waals surface area contributed by atoms with E-state index in [4.69, 9.17) is 9.63 Å². The van der Waals surface area contributed by atoms with Gasteiger partial charge in [-0.1, -0.05) is 19.0 Å². The van der Waals surface area contributed by atoms with E-state index >= 15 is 0 Å². The van der Waals surface area contributed by atoms with Gasteiger partial charge in [0.2, 0.25) is 11.7 Å².